The van der Waals surface area contributed by atoms with E-state index in [1.807, 2.05) is 35.0 Å². The van der Waals surface area contributed by atoms with Gasteiger partial charge in [0, 0.05) is 36.4 Å². The van der Waals surface area contributed by atoms with Gasteiger partial charge in [0.15, 0.2) is 0 Å². The van der Waals surface area contributed by atoms with E-state index in [1.165, 1.54) is 15.6 Å². The molecule has 4 aromatic rings. The van der Waals surface area contributed by atoms with E-state index in [0.29, 0.717) is 36.8 Å². The first-order valence-corrected chi connectivity index (χ1v) is 13.7. The number of aromatic nitrogens is 2. The average Bonchev–Trinajstić information content (AvgIpc) is 3.54. The van der Waals surface area contributed by atoms with Gasteiger partial charge in [0.2, 0.25) is 14.8 Å². The molecule has 0 saturated carbocycles. The Bertz CT molecular complexity index is 1440. The molecule has 0 amide bonds. The number of pyridine rings is 1. The maximum atomic E-state index is 12.9. The van der Waals surface area contributed by atoms with Gasteiger partial charge in [-0.05, 0) is 41.8 Å². The Labute approximate surface area is 205 Å². The number of thiazole rings is 1. The first-order chi connectivity index (χ1) is 16.6. The molecule has 11 heteroatoms. The average molecular weight is 512 g/mol. The quantitative estimate of drug-likeness (QED) is 0.368. The monoisotopic (exact) mass is 511 g/mol. The third-order valence-electron chi connectivity index (χ3n) is 5.13. The van der Waals surface area contributed by atoms with Crippen LogP contribution in [-0.4, -0.2) is 54.9 Å². The lowest BCUT2D eigenvalue weighted by molar-refractivity contribution is 0.0730. The third kappa shape index (κ3) is 4.93. The van der Waals surface area contributed by atoms with Gasteiger partial charge in [-0.25, -0.2) is 18.1 Å². The number of ether oxygens (including phenoxy) is 1. The van der Waals surface area contributed by atoms with Crippen molar-refractivity contribution in [1.82, 2.24) is 14.0 Å². The molecule has 1 aliphatic rings. The summed E-state index contributed by atoms with van der Waals surface area (Å²) in [6.45, 7) is 1.56. The van der Waals surface area contributed by atoms with Crippen LogP contribution in [0, 0.1) is 0 Å². The van der Waals surface area contributed by atoms with Crippen LogP contribution in [0.15, 0.2) is 86.7 Å². The summed E-state index contributed by atoms with van der Waals surface area (Å²) in [5.74, 6) is 0. The predicted octanol–water partition coefficient (Wildman–Crippen LogP) is 3.81. The van der Waals surface area contributed by atoms with E-state index in [2.05, 4.69) is 10.1 Å². The standard InChI is InChI=1S/C23H21N5O3S3/c29-34(30,27-10-12-31-13-11-27)20-7-5-19(6-8-20)26-23-28(25-16-18-3-1-9-24-15-18)21(17-33-23)22-4-2-14-32-22/h1-9,14-17H,10-13H2. The zero-order chi connectivity index (χ0) is 23.4. The number of hydrogen-bond donors (Lipinski definition) is 0. The van der Waals surface area contributed by atoms with Gasteiger partial charge in [-0.2, -0.15) is 9.41 Å². The molecule has 174 valence electrons. The Hall–Kier alpha value is -2.96. The number of sulfonamides is 1. The summed E-state index contributed by atoms with van der Waals surface area (Å²) < 4.78 is 34.3. The fourth-order valence-electron chi connectivity index (χ4n) is 3.40. The highest BCUT2D eigenvalue weighted by molar-refractivity contribution is 7.89. The van der Waals surface area contributed by atoms with Gasteiger partial charge in [0.25, 0.3) is 0 Å². The summed E-state index contributed by atoms with van der Waals surface area (Å²) >= 11 is 3.10. The Kier molecular flexibility index (Phi) is 6.79. The van der Waals surface area contributed by atoms with Crippen molar-refractivity contribution in [3.05, 3.63) is 82.0 Å². The second kappa shape index (κ2) is 10.1. The van der Waals surface area contributed by atoms with Gasteiger partial charge in [0.05, 0.1) is 40.6 Å². The van der Waals surface area contributed by atoms with Crippen LogP contribution in [0.3, 0.4) is 0 Å². The third-order valence-corrected chi connectivity index (χ3v) is 8.76. The van der Waals surface area contributed by atoms with E-state index >= 15 is 0 Å². The topological polar surface area (TPSA) is 89.2 Å². The smallest absolute Gasteiger partial charge is 0.243 e. The highest BCUT2D eigenvalue weighted by Gasteiger charge is 2.26. The predicted molar refractivity (Wildman–Crippen MR) is 134 cm³/mol. The van der Waals surface area contributed by atoms with Crippen LogP contribution in [-0.2, 0) is 14.8 Å². The minimum atomic E-state index is -3.54. The summed E-state index contributed by atoms with van der Waals surface area (Å²) in [6.07, 6.45) is 5.20. The van der Waals surface area contributed by atoms with Crippen LogP contribution in [0.25, 0.3) is 10.6 Å². The minimum Gasteiger partial charge on any atom is -0.379 e. The lowest BCUT2D eigenvalue weighted by Gasteiger charge is -2.26. The molecule has 0 N–H and O–H groups in total. The molecule has 4 heterocycles. The van der Waals surface area contributed by atoms with E-state index < -0.39 is 10.0 Å². The molecule has 0 atom stereocenters. The number of benzene rings is 1. The molecule has 1 aliphatic heterocycles. The van der Waals surface area contributed by atoms with Crippen LogP contribution < -0.4 is 4.80 Å². The van der Waals surface area contributed by atoms with Crippen LogP contribution in [0.2, 0.25) is 0 Å². The molecule has 1 saturated heterocycles. The normalized spacial score (nSPS) is 15.8. The van der Waals surface area contributed by atoms with E-state index in [9.17, 15) is 8.42 Å². The summed E-state index contributed by atoms with van der Waals surface area (Å²) in [4.78, 5) is 10.9. The SMILES string of the molecule is O=S(=O)(c1ccc(N=c2scc(-c3cccs3)n2N=Cc2cccnc2)cc1)N1CCOCC1. The summed E-state index contributed by atoms with van der Waals surface area (Å²) in [7, 11) is -3.54. The van der Waals surface area contributed by atoms with Gasteiger partial charge < -0.3 is 4.74 Å². The molecule has 34 heavy (non-hydrogen) atoms. The van der Waals surface area contributed by atoms with Gasteiger partial charge in [0.1, 0.15) is 0 Å². The molecule has 0 radical (unpaired) electrons. The molecule has 0 aliphatic carbocycles. The number of thiophene rings is 1. The van der Waals surface area contributed by atoms with Crippen molar-refractivity contribution >= 4 is 44.6 Å². The van der Waals surface area contributed by atoms with Crippen molar-refractivity contribution in [1.29, 1.82) is 0 Å². The second-order valence-corrected chi connectivity index (χ2v) is 11.1. The van der Waals surface area contributed by atoms with Crippen LogP contribution in [0.5, 0.6) is 0 Å². The van der Waals surface area contributed by atoms with E-state index in [1.54, 1.807) is 58.9 Å². The number of hydrogen-bond acceptors (Lipinski definition) is 8. The van der Waals surface area contributed by atoms with Gasteiger partial charge in [-0.15, -0.1) is 22.7 Å². The van der Waals surface area contributed by atoms with E-state index in [4.69, 9.17) is 9.73 Å². The maximum Gasteiger partial charge on any atom is 0.243 e. The van der Waals surface area contributed by atoms with Gasteiger partial charge in [-0.1, -0.05) is 12.1 Å². The first kappa shape index (κ1) is 22.8. The Morgan fingerprint density at radius 2 is 1.85 bits per heavy atom. The van der Waals surface area contributed by atoms with Crippen molar-refractivity contribution in [2.75, 3.05) is 26.3 Å². The van der Waals surface area contributed by atoms with E-state index in [0.717, 1.165) is 16.1 Å². The van der Waals surface area contributed by atoms with Gasteiger partial charge >= 0.3 is 0 Å². The molecule has 0 spiro atoms. The molecule has 8 nitrogen and oxygen atoms in total. The largest absolute Gasteiger partial charge is 0.379 e. The Morgan fingerprint density at radius 1 is 1.03 bits per heavy atom. The molecular weight excluding hydrogens is 490 g/mol. The van der Waals surface area contributed by atoms with Crippen molar-refractivity contribution in [2.45, 2.75) is 4.90 Å². The number of morpholine rings is 1. The number of nitrogens with zero attached hydrogens (tertiary/aromatic N) is 5. The molecular formula is C23H21N5O3S3. The Morgan fingerprint density at radius 3 is 2.56 bits per heavy atom. The van der Waals surface area contributed by atoms with Gasteiger partial charge in [-0.3, -0.25) is 4.98 Å². The van der Waals surface area contributed by atoms with Crippen molar-refractivity contribution < 1.29 is 13.2 Å². The highest BCUT2D eigenvalue weighted by Crippen LogP contribution is 2.26. The van der Waals surface area contributed by atoms with Crippen LogP contribution >= 0.6 is 22.7 Å². The molecule has 0 bridgehead atoms. The van der Waals surface area contributed by atoms with Crippen molar-refractivity contribution in [3.8, 4) is 10.6 Å². The second-order valence-electron chi connectivity index (χ2n) is 7.35. The van der Waals surface area contributed by atoms with Crippen molar-refractivity contribution in [3.63, 3.8) is 0 Å². The lowest BCUT2D eigenvalue weighted by atomic mass is 10.3. The van der Waals surface area contributed by atoms with Crippen LogP contribution in [0.4, 0.5) is 5.69 Å². The molecule has 5 rings (SSSR count). The Balaban J connectivity index is 1.49. The molecule has 0 unspecified atom stereocenters. The fourth-order valence-corrected chi connectivity index (χ4v) is 6.46. The lowest BCUT2D eigenvalue weighted by Crippen LogP contribution is -2.40. The molecule has 3 aromatic heterocycles. The van der Waals surface area contributed by atoms with Crippen LogP contribution in [0.1, 0.15) is 5.56 Å². The van der Waals surface area contributed by atoms with Crippen molar-refractivity contribution in [2.24, 2.45) is 10.1 Å². The summed E-state index contributed by atoms with van der Waals surface area (Å²) in [5, 5.41) is 8.70. The first-order valence-electron chi connectivity index (χ1n) is 10.5. The molecule has 1 fully saturated rings. The van der Waals surface area contributed by atoms with E-state index in [-0.39, 0.29) is 4.90 Å². The zero-order valence-electron chi connectivity index (χ0n) is 18.0. The number of rotatable bonds is 6. The maximum absolute atomic E-state index is 12.9. The highest BCUT2D eigenvalue weighted by atomic mass is 32.2. The zero-order valence-corrected chi connectivity index (χ0v) is 20.5. The molecule has 1 aromatic carbocycles. The summed E-state index contributed by atoms with van der Waals surface area (Å²) in [6, 6.07) is 14.5. The fraction of sp³-hybridized carbons (Fsp3) is 0.174. The summed E-state index contributed by atoms with van der Waals surface area (Å²) in [5.41, 5.74) is 2.46. The minimum absolute atomic E-state index is 0.251.